The summed E-state index contributed by atoms with van der Waals surface area (Å²) in [6, 6.07) is 0. The molecule has 0 radical (unpaired) electrons. The third kappa shape index (κ3) is 11.3. The van der Waals surface area contributed by atoms with E-state index in [1.54, 1.807) is 0 Å². The Bertz CT molecular complexity index is 1180. The molecule has 0 aliphatic carbocycles. The molecule has 4 aliphatic rings. The summed E-state index contributed by atoms with van der Waals surface area (Å²) < 4.78 is 32.3. The molecule has 10 N–H and O–H groups in total. The molecule has 0 amide bonds. The quantitative estimate of drug-likeness (QED) is 0.0305. The predicted octanol–water partition coefficient (Wildman–Crippen LogP) is -5.37. The summed E-state index contributed by atoms with van der Waals surface area (Å²) >= 11 is 29.0. The Morgan fingerprint density at radius 1 is 0.615 bits per heavy atom. The molecule has 0 aromatic heterocycles. The van der Waals surface area contributed by atoms with Gasteiger partial charge in [-0.15, -0.1) is 58.0 Å². The van der Waals surface area contributed by atoms with Gasteiger partial charge in [0, 0.05) is 4.91 Å². The molecule has 52 heavy (non-hydrogen) atoms. The minimum Gasteiger partial charge on any atom is -0.394 e. The van der Waals surface area contributed by atoms with E-state index in [1.807, 2.05) is 0 Å². The van der Waals surface area contributed by atoms with Crippen molar-refractivity contribution in [2.45, 2.75) is 108 Å². The van der Waals surface area contributed by atoms with Crippen LogP contribution in [0.3, 0.4) is 0 Å². The number of nitrogens with zero attached hydrogens (tertiary/aromatic N) is 6. The van der Waals surface area contributed by atoms with E-state index in [0.29, 0.717) is 0 Å². The summed E-state index contributed by atoms with van der Waals surface area (Å²) in [6.07, 6.45) is -19.4. The summed E-state index contributed by atoms with van der Waals surface area (Å²) in [5, 5.41) is 99.8. The second-order valence-corrected chi connectivity index (χ2v) is 13.1. The number of rotatable bonds is 11. The summed E-state index contributed by atoms with van der Waals surface area (Å²) in [7, 11) is 0. The maximum absolute atomic E-state index is 10.2. The maximum atomic E-state index is 10.2. The standard InChI is InChI=1S/C12H19Cl3O8.C12H19Cl2N3O8.N3.Na/c13-1-4-7(17)10(20)12(3-14,22-4)23-11-9(19)8(18)6(15)5(2-16)21-11;13-3-12(10(22)7(19)4(24-12)1-16-17-15)25-11-9(21)8(20)6(14)5(2-18)23-11;1-3-2;/h4-11,16-20H,1-3H2;4-11,18-22H,1-3H2;;/q;;-1;+1/t2*4-,5-,6+,7-,8+,9-,10+,11-,12+;;/m11../s1. The molecule has 18 atom stereocenters. The number of alkyl halides is 5. The Hall–Kier alpha value is 0.430. The Kier molecular flexibility index (Phi) is 22.3. The molecular weight excluding hydrogens is 829 g/mol. The van der Waals surface area contributed by atoms with Crippen LogP contribution in [0.1, 0.15) is 0 Å². The van der Waals surface area contributed by atoms with Gasteiger partial charge in [-0.1, -0.05) is 5.11 Å². The van der Waals surface area contributed by atoms with E-state index in [1.165, 1.54) is 4.91 Å². The molecule has 4 saturated heterocycles. The van der Waals surface area contributed by atoms with E-state index in [9.17, 15) is 51.1 Å². The first-order valence-electron chi connectivity index (χ1n) is 14.7. The van der Waals surface area contributed by atoms with Crippen molar-refractivity contribution < 1.29 is 109 Å². The zero-order valence-corrected chi connectivity index (χ0v) is 32.8. The number of ether oxygens (including phenoxy) is 6. The van der Waals surface area contributed by atoms with Crippen LogP contribution in [0.15, 0.2) is 5.11 Å². The van der Waals surface area contributed by atoms with Crippen LogP contribution >= 0.6 is 58.0 Å². The molecule has 28 heteroatoms. The number of halogens is 5. The number of hydrogen-bond acceptors (Lipinski definition) is 17. The third-order valence-corrected chi connectivity index (χ3v) is 10.2. The van der Waals surface area contributed by atoms with Gasteiger partial charge >= 0.3 is 29.6 Å². The molecular formula is C24H38Cl5N6NaO16. The van der Waals surface area contributed by atoms with Crippen LogP contribution in [0.25, 0.3) is 26.4 Å². The van der Waals surface area contributed by atoms with Crippen LogP contribution < -0.4 is 29.6 Å². The number of hydrogen-bond donors (Lipinski definition) is 10. The van der Waals surface area contributed by atoms with E-state index in [4.69, 9.17) is 103 Å². The fourth-order valence-electron chi connectivity index (χ4n) is 5.25. The zero-order chi connectivity index (χ0) is 38.8. The van der Waals surface area contributed by atoms with Gasteiger partial charge in [-0.3, -0.25) is 4.91 Å². The summed E-state index contributed by atoms with van der Waals surface area (Å²) in [4.78, 5) is 4.04. The summed E-state index contributed by atoms with van der Waals surface area (Å²) in [5.74, 6) is -4.91. The topological polar surface area (TPSA) is 365 Å². The van der Waals surface area contributed by atoms with Gasteiger partial charge in [0.2, 0.25) is 11.6 Å². The second kappa shape index (κ2) is 23.0. The van der Waals surface area contributed by atoms with Gasteiger partial charge < -0.3 is 90.5 Å². The fourth-order valence-corrected chi connectivity index (χ4v) is 6.64. The van der Waals surface area contributed by atoms with E-state index < -0.39 is 133 Å². The first kappa shape index (κ1) is 50.4. The van der Waals surface area contributed by atoms with Gasteiger partial charge in [0.1, 0.15) is 67.1 Å². The zero-order valence-electron chi connectivity index (χ0n) is 27.0. The van der Waals surface area contributed by atoms with Gasteiger partial charge in [0.05, 0.1) is 54.3 Å². The first-order chi connectivity index (χ1) is 24.0. The van der Waals surface area contributed by atoms with Crippen LogP contribution in [0.2, 0.25) is 0 Å². The normalized spacial score (nSPS) is 45.6. The molecule has 0 unspecified atom stereocenters. The van der Waals surface area contributed by atoms with E-state index in [2.05, 4.69) is 10.0 Å². The monoisotopic (exact) mass is 864 g/mol. The maximum Gasteiger partial charge on any atom is 1.00 e. The van der Waals surface area contributed by atoms with Crippen LogP contribution in [0, 0.1) is 0 Å². The molecule has 0 aromatic carbocycles. The molecule has 0 aromatic rings. The van der Waals surface area contributed by atoms with Crippen LogP contribution in [0.4, 0.5) is 0 Å². The third-order valence-electron chi connectivity index (χ3n) is 8.09. The SMILES string of the molecule is OC[C@H]1O[C@H](O[C@]2(CCl)O[C@H](CCl)[C@@H](O)[C@@H]2O)[C@H](O)[C@@H](O)[C@H]1Cl.[N-]=[N+]=NC[C@H]1O[C@@](CCl)(O[C@H]2O[C@H](CO)[C@H](Cl)[C@H](O)[C@H]2O)[C@@H](O)[C@@H]1O.[N-]=[N+]=[N-].[Na+]. The number of azide groups is 1. The number of aliphatic hydroxyl groups excluding tert-OH is 10. The van der Waals surface area contributed by atoms with Crippen LogP contribution in [-0.2, 0) is 28.4 Å². The van der Waals surface area contributed by atoms with Crippen molar-refractivity contribution in [2.24, 2.45) is 5.11 Å². The Labute approximate surface area is 342 Å². The van der Waals surface area contributed by atoms with Gasteiger partial charge in [-0.05, 0) is 5.53 Å². The molecule has 0 bridgehead atoms. The van der Waals surface area contributed by atoms with Crippen LogP contribution in [-0.4, -0.2) is 197 Å². The minimum atomic E-state index is -2.00. The molecule has 4 fully saturated rings. The average molecular weight is 867 g/mol. The van der Waals surface area contributed by atoms with E-state index >= 15 is 0 Å². The molecule has 4 aliphatic heterocycles. The largest absolute Gasteiger partial charge is 1.00 e. The van der Waals surface area contributed by atoms with Crippen molar-refractivity contribution in [1.82, 2.24) is 0 Å². The Morgan fingerprint density at radius 2 is 0.981 bits per heavy atom. The van der Waals surface area contributed by atoms with Gasteiger partial charge in [0.15, 0.2) is 12.6 Å². The Balaban J connectivity index is 0.000000476. The van der Waals surface area contributed by atoms with Crippen molar-refractivity contribution in [1.29, 1.82) is 0 Å². The second-order valence-electron chi connectivity index (χ2n) is 11.3. The fraction of sp³-hybridized carbons (Fsp3) is 1.00. The average Bonchev–Trinajstić information content (AvgIpc) is 3.51. The smallest absolute Gasteiger partial charge is 0.394 e. The van der Waals surface area contributed by atoms with Gasteiger partial charge in [-0.25, -0.2) is 0 Å². The van der Waals surface area contributed by atoms with Gasteiger partial charge in [-0.2, -0.15) is 0 Å². The molecule has 4 rings (SSSR count). The first-order valence-corrected chi connectivity index (χ1v) is 17.1. The predicted molar refractivity (Wildman–Crippen MR) is 172 cm³/mol. The van der Waals surface area contributed by atoms with Crippen molar-refractivity contribution in [3.8, 4) is 0 Å². The number of aliphatic hydroxyl groups is 10. The van der Waals surface area contributed by atoms with Crippen molar-refractivity contribution in [3.63, 3.8) is 0 Å². The van der Waals surface area contributed by atoms with Gasteiger partial charge in [0.25, 0.3) is 0 Å². The van der Waals surface area contributed by atoms with E-state index in [-0.39, 0.29) is 42.0 Å². The molecule has 4 heterocycles. The molecule has 0 spiro atoms. The molecule has 0 saturated carbocycles. The molecule has 22 nitrogen and oxygen atoms in total. The van der Waals surface area contributed by atoms with Crippen molar-refractivity contribution in [3.05, 3.63) is 26.4 Å². The summed E-state index contributed by atoms with van der Waals surface area (Å²) in [5.41, 5.74) is 21.9. The molecule has 296 valence electrons. The Morgan fingerprint density at radius 3 is 1.29 bits per heavy atom. The van der Waals surface area contributed by atoms with E-state index in [0.717, 1.165) is 0 Å². The summed E-state index contributed by atoms with van der Waals surface area (Å²) in [6.45, 7) is -1.38. The van der Waals surface area contributed by atoms with Crippen molar-refractivity contribution in [2.75, 3.05) is 37.4 Å². The van der Waals surface area contributed by atoms with Crippen LogP contribution in [0.5, 0.6) is 0 Å². The van der Waals surface area contributed by atoms with Crippen molar-refractivity contribution >= 4 is 58.0 Å². The minimum absolute atomic E-state index is 0.